The third-order valence-electron chi connectivity index (χ3n) is 2.17. The molecule has 0 unspecified atom stereocenters. The molecule has 2 aromatic heterocycles. The molecule has 0 saturated heterocycles. The number of rotatable bonds is 5. The van der Waals surface area contributed by atoms with E-state index in [0.717, 1.165) is 0 Å². The third kappa shape index (κ3) is 3.94. The van der Waals surface area contributed by atoms with Gasteiger partial charge in [0, 0.05) is 6.07 Å². The molecule has 0 saturated carbocycles. The van der Waals surface area contributed by atoms with E-state index in [9.17, 15) is 13.6 Å². The summed E-state index contributed by atoms with van der Waals surface area (Å²) in [4.78, 5) is 15.7. The Bertz CT molecular complexity index is 581. The average molecular weight is 280 g/mol. The van der Waals surface area contributed by atoms with Gasteiger partial charge in [-0.1, -0.05) is 6.07 Å². The van der Waals surface area contributed by atoms with Gasteiger partial charge >= 0.3 is 0 Å². The molecule has 8 heteroatoms. The molecule has 1 N–H and O–H groups in total. The SMILES string of the molecule is O=C(Nc1cccc(OCC(F)F)n1)c1ccnnc1. The van der Waals surface area contributed by atoms with Crippen LogP contribution in [-0.2, 0) is 0 Å². The number of aromatic nitrogens is 3. The molecule has 0 spiro atoms. The van der Waals surface area contributed by atoms with Gasteiger partial charge < -0.3 is 10.1 Å². The molecule has 2 aromatic rings. The number of nitrogens with zero attached hydrogens (tertiary/aromatic N) is 3. The third-order valence-corrected chi connectivity index (χ3v) is 2.17. The predicted octanol–water partition coefficient (Wildman–Crippen LogP) is 1.77. The standard InChI is InChI=1S/C12H10F2N4O2/c13-9(14)7-20-11-3-1-2-10(17-11)18-12(19)8-4-5-15-16-6-8/h1-6,9H,7H2,(H,17,18,19). The molecule has 2 heterocycles. The molecule has 0 bridgehead atoms. The van der Waals surface area contributed by atoms with Gasteiger partial charge in [0.2, 0.25) is 5.88 Å². The second-order valence-corrected chi connectivity index (χ2v) is 3.65. The number of hydrogen-bond acceptors (Lipinski definition) is 5. The number of carbonyl (C=O) groups is 1. The fourth-order valence-corrected chi connectivity index (χ4v) is 1.33. The Hall–Kier alpha value is -2.64. The van der Waals surface area contributed by atoms with Crippen LogP contribution in [0, 0.1) is 0 Å². The molecular formula is C12H10F2N4O2. The molecule has 20 heavy (non-hydrogen) atoms. The number of pyridine rings is 1. The normalized spacial score (nSPS) is 10.3. The summed E-state index contributed by atoms with van der Waals surface area (Å²) in [5, 5.41) is 9.63. The monoisotopic (exact) mass is 280 g/mol. The second-order valence-electron chi connectivity index (χ2n) is 3.65. The molecule has 0 radical (unpaired) electrons. The summed E-state index contributed by atoms with van der Waals surface area (Å²) in [6.45, 7) is -0.751. The van der Waals surface area contributed by atoms with Crippen molar-refractivity contribution in [1.29, 1.82) is 0 Å². The fraction of sp³-hybridized carbons (Fsp3) is 0.167. The van der Waals surface area contributed by atoms with E-state index in [0.29, 0.717) is 5.56 Å². The van der Waals surface area contributed by atoms with E-state index in [4.69, 9.17) is 4.74 Å². The Morgan fingerprint density at radius 1 is 1.30 bits per heavy atom. The zero-order chi connectivity index (χ0) is 14.4. The number of ether oxygens (including phenoxy) is 1. The lowest BCUT2D eigenvalue weighted by Gasteiger charge is -2.07. The molecule has 0 fully saturated rings. The molecule has 1 amide bonds. The zero-order valence-corrected chi connectivity index (χ0v) is 10.2. The highest BCUT2D eigenvalue weighted by atomic mass is 19.3. The van der Waals surface area contributed by atoms with Crippen LogP contribution in [0.5, 0.6) is 5.88 Å². The van der Waals surface area contributed by atoms with E-state index in [1.807, 2.05) is 0 Å². The number of nitrogens with one attached hydrogen (secondary N) is 1. The largest absolute Gasteiger partial charge is 0.472 e. The van der Waals surface area contributed by atoms with Gasteiger partial charge in [0.05, 0.1) is 18.0 Å². The van der Waals surface area contributed by atoms with Crippen molar-refractivity contribution in [2.45, 2.75) is 6.43 Å². The quantitative estimate of drug-likeness (QED) is 0.903. The maximum atomic E-state index is 12.0. The minimum absolute atomic E-state index is 0.0101. The van der Waals surface area contributed by atoms with Crippen molar-refractivity contribution in [1.82, 2.24) is 15.2 Å². The molecule has 0 atom stereocenters. The van der Waals surface area contributed by atoms with Crippen LogP contribution in [0.2, 0.25) is 0 Å². The van der Waals surface area contributed by atoms with Gasteiger partial charge in [0.1, 0.15) is 5.82 Å². The van der Waals surface area contributed by atoms with Crippen molar-refractivity contribution in [3.05, 3.63) is 42.2 Å². The van der Waals surface area contributed by atoms with Crippen LogP contribution in [0.3, 0.4) is 0 Å². The van der Waals surface area contributed by atoms with Gasteiger partial charge in [0.25, 0.3) is 12.3 Å². The Kier molecular flexibility index (Phi) is 4.48. The van der Waals surface area contributed by atoms with Gasteiger partial charge in [-0.2, -0.15) is 15.2 Å². The lowest BCUT2D eigenvalue weighted by molar-refractivity contribution is 0.0796. The first kappa shape index (κ1) is 13.8. The first-order chi connectivity index (χ1) is 9.65. The maximum absolute atomic E-state index is 12.0. The van der Waals surface area contributed by atoms with Crippen LogP contribution in [-0.4, -0.2) is 34.1 Å². The molecule has 0 aliphatic rings. The smallest absolute Gasteiger partial charge is 0.272 e. The van der Waals surface area contributed by atoms with E-state index in [2.05, 4.69) is 20.5 Å². The summed E-state index contributed by atoms with van der Waals surface area (Å²) in [6.07, 6.45) is 0.0923. The Balaban J connectivity index is 2.02. The summed E-state index contributed by atoms with van der Waals surface area (Å²) in [5.41, 5.74) is 0.306. The summed E-state index contributed by atoms with van der Waals surface area (Å²) in [7, 11) is 0. The lowest BCUT2D eigenvalue weighted by atomic mass is 10.3. The van der Waals surface area contributed by atoms with Crippen LogP contribution >= 0.6 is 0 Å². The number of carbonyl (C=O) groups excluding carboxylic acids is 1. The number of anilines is 1. The van der Waals surface area contributed by atoms with Crippen LogP contribution < -0.4 is 10.1 Å². The lowest BCUT2D eigenvalue weighted by Crippen LogP contribution is -2.14. The molecule has 2 rings (SSSR count). The number of halogens is 2. The van der Waals surface area contributed by atoms with Crippen LogP contribution in [0.4, 0.5) is 14.6 Å². The van der Waals surface area contributed by atoms with E-state index >= 15 is 0 Å². The molecule has 0 aliphatic carbocycles. The highest BCUT2D eigenvalue weighted by molar-refractivity contribution is 6.03. The van der Waals surface area contributed by atoms with Crippen molar-refractivity contribution in [3.63, 3.8) is 0 Å². The molecule has 6 nitrogen and oxygen atoms in total. The summed E-state index contributed by atoms with van der Waals surface area (Å²) in [6, 6.07) is 5.96. The number of hydrogen-bond donors (Lipinski definition) is 1. The first-order valence-corrected chi connectivity index (χ1v) is 5.61. The summed E-state index contributed by atoms with van der Waals surface area (Å²) in [5.74, 6) is -0.229. The predicted molar refractivity (Wildman–Crippen MR) is 65.7 cm³/mol. The molecule has 0 aromatic carbocycles. The van der Waals surface area contributed by atoms with Crippen molar-refractivity contribution in [2.75, 3.05) is 11.9 Å². The minimum Gasteiger partial charge on any atom is -0.472 e. The Morgan fingerprint density at radius 2 is 2.15 bits per heavy atom. The molecular weight excluding hydrogens is 270 g/mol. The highest BCUT2D eigenvalue weighted by Crippen LogP contribution is 2.13. The number of alkyl halides is 2. The van der Waals surface area contributed by atoms with E-state index in [-0.39, 0.29) is 11.7 Å². The van der Waals surface area contributed by atoms with E-state index in [1.165, 1.54) is 36.7 Å². The maximum Gasteiger partial charge on any atom is 0.272 e. The van der Waals surface area contributed by atoms with Gasteiger partial charge in [-0.15, -0.1) is 0 Å². The summed E-state index contributed by atoms with van der Waals surface area (Å²) >= 11 is 0. The van der Waals surface area contributed by atoms with E-state index in [1.54, 1.807) is 0 Å². The van der Waals surface area contributed by atoms with Crippen molar-refractivity contribution >= 4 is 11.7 Å². The molecule has 104 valence electrons. The van der Waals surface area contributed by atoms with Crippen LogP contribution in [0.15, 0.2) is 36.7 Å². The van der Waals surface area contributed by atoms with E-state index < -0.39 is 18.9 Å². The minimum atomic E-state index is -2.59. The first-order valence-electron chi connectivity index (χ1n) is 5.61. The topological polar surface area (TPSA) is 77.0 Å². The summed E-state index contributed by atoms with van der Waals surface area (Å²) < 4.78 is 28.8. The van der Waals surface area contributed by atoms with Gasteiger partial charge in [0.15, 0.2) is 6.61 Å². The Morgan fingerprint density at radius 3 is 2.85 bits per heavy atom. The van der Waals surface area contributed by atoms with Crippen LogP contribution in [0.25, 0.3) is 0 Å². The van der Waals surface area contributed by atoms with Gasteiger partial charge in [-0.25, -0.2) is 8.78 Å². The van der Waals surface area contributed by atoms with Crippen molar-refractivity contribution in [2.24, 2.45) is 0 Å². The van der Waals surface area contributed by atoms with Crippen molar-refractivity contribution in [3.8, 4) is 5.88 Å². The number of amides is 1. The second kappa shape index (κ2) is 6.50. The zero-order valence-electron chi connectivity index (χ0n) is 10.2. The molecule has 0 aliphatic heterocycles. The Labute approximate surface area is 112 Å². The average Bonchev–Trinajstić information content (AvgIpc) is 2.46. The van der Waals surface area contributed by atoms with Gasteiger partial charge in [-0.05, 0) is 12.1 Å². The van der Waals surface area contributed by atoms with Crippen molar-refractivity contribution < 1.29 is 18.3 Å². The van der Waals surface area contributed by atoms with Crippen LogP contribution in [0.1, 0.15) is 10.4 Å². The highest BCUT2D eigenvalue weighted by Gasteiger charge is 2.09. The van der Waals surface area contributed by atoms with Gasteiger partial charge in [-0.3, -0.25) is 4.79 Å². The fourth-order valence-electron chi connectivity index (χ4n) is 1.33.